The van der Waals surface area contributed by atoms with Crippen LogP contribution in [-0.2, 0) is 10.0 Å². The van der Waals surface area contributed by atoms with E-state index < -0.39 is 10.0 Å². The van der Waals surface area contributed by atoms with Gasteiger partial charge in [-0.3, -0.25) is 0 Å². The number of hydrogen-bond acceptors (Lipinski definition) is 4. The Morgan fingerprint density at radius 3 is 2.44 bits per heavy atom. The van der Waals surface area contributed by atoms with Crippen molar-refractivity contribution in [3.05, 3.63) is 0 Å². The third-order valence-electron chi connectivity index (χ3n) is 4.07. The van der Waals surface area contributed by atoms with E-state index in [4.69, 9.17) is 5.11 Å². The molecule has 18 heavy (non-hydrogen) atoms. The van der Waals surface area contributed by atoms with E-state index in [2.05, 4.69) is 5.32 Å². The van der Waals surface area contributed by atoms with Crippen molar-refractivity contribution < 1.29 is 13.5 Å². The Morgan fingerprint density at radius 2 is 1.89 bits per heavy atom. The molecule has 2 fully saturated rings. The van der Waals surface area contributed by atoms with Gasteiger partial charge in [-0.05, 0) is 50.6 Å². The molecule has 2 rings (SSSR count). The van der Waals surface area contributed by atoms with Gasteiger partial charge in [0.25, 0.3) is 0 Å². The SMILES string of the molecule is O=S(=O)(CC1CCCNC1)N1CCC(CO)CC1. The van der Waals surface area contributed by atoms with Gasteiger partial charge in [0.15, 0.2) is 0 Å². The van der Waals surface area contributed by atoms with Gasteiger partial charge >= 0.3 is 0 Å². The lowest BCUT2D eigenvalue weighted by atomic mass is 10.00. The molecule has 2 saturated heterocycles. The highest BCUT2D eigenvalue weighted by Gasteiger charge is 2.30. The van der Waals surface area contributed by atoms with Crippen LogP contribution in [0.1, 0.15) is 25.7 Å². The number of aliphatic hydroxyl groups is 1. The van der Waals surface area contributed by atoms with Crippen molar-refractivity contribution in [2.75, 3.05) is 38.5 Å². The highest BCUT2D eigenvalue weighted by atomic mass is 32.2. The lowest BCUT2D eigenvalue weighted by molar-refractivity contribution is 0.169. The first-order valence-corrected chi connectivity index (χ1v) is 8.52. The molecule has 6 heteroatoms. The molecule has 0 saturated carbocycles. The molecule has 0 aliphatic carbocycles. The predicted octanol–water partition coefficient (Wildman–Crippen LogP) is 0.0201. The van der Waals surface area contributed by atoms with Crippen LogP contribution in [0, 0.1) is 11.8 Å². The largest absolute Gasteiger partial charge is 0.396 e. The van der Waals surface area contributed by atoms with Crippen LogP contribution in [-0.4, -0.2) is 56.4 Å². The molecule has 0 aromatic heterocycles. The lowest BCUT2D eigenvalue weighted by Gasteiger charge is -2.32. The number of aliphatic hydroxyl groups excluding tert-OH is 1. The molecule has 2 N–H and O–H groups in total. The number of nitrogens with one attached hydrogen (secondary N) is 1. The monoisotopic (exact) mass is 276 g/mol. The van der Waals surface area contributed by atoms with Gasteiger partial charge in [0.2, 0.25) is 10.0 Å². The summed E-state index contributed by atoms with van der Waals surface area (Å²) in [5.41, 5.74) is 0. The maximum atomic E-state index is 12.3. The quantitative estimate of drug-likeness (QED) is 0.759. The Balaban J connectivity index is 1.86. The predicted molar refractivity (Wildman–Crippen MR) is 70.8 cm³/mol. The summed E-state index contributed by atoms with van der Waals surface area (Å²) < 4.78 is 26.2. The van der Waals surface area contributed by atoms with Crippen molar-refractivity contribution >= 4 is 10.0 Å². The molecule has 0 bridgehead atoms. The van der Waals surface area contributed by atoms with Crippen LogP contribution in [0.2, 0.25) is 0 Å². The van der Waals surface area contributed by atoms with Gasteiger partial charge < -0.3 is 10.4 Å². The third kappa shape index (κ3) is 3.66. The first-order valence-electron chi connectivity index (χ1n) is 6.91. The summed E-state index contributed by atoms with van der Waals surface area (Å²) in [6.45, 7) is 3.17. The van der Waals surface area contributed by atoms with Gasteiger partial charge in [-0.2, -0.15) is 0 Å². The average Bonchev–Trinajstić information content (AvgIpc) is 2.39. The van der Waals surface area contributed by atoms with Crippen molar-refractivity contribution in [2.24, 2.45) is 11.8 Å². The second kappa shape index (κ2) is 6.32. The van der Waals surface area contributed by atoms with Crippen LogP contribution >= 0.6 is 0 Å². The van der Waals surface area contributed by atoms with E-state index in [1.807, 2.05) is 0 Å². The van der Waals surface area contributed by atoms with Gasteiger partial charge in [0.1, 0.15) is 0 Å². The zero-order valence-electron chi connectivity index (χ0n) is 10.8. The van der Waals surface area contributed by atoms with Crippen LogP contribution in [0.15, 0.2) is 0 Å². The minimum Gasteiger partial charge on any atom is -0.396 e. The molecule has 0 radical (unpaired) electrons. The van der Waals surface area contributed by atoms with E-state index in [-0.39, 0.29) is 24.2 Å². The van der Waals surface area contributed by atoms with Gasteiger partial charge in [-0.1, -0.05) is 0 Å². The molecular weight excluding hydrogens is 252 g/mol. The third-order valence-corrected chi connectivity index (χ3v) is 6.11. The molecular formula is C12H24N2O3S. The van der Waals surface area contributed by atoms with Crippen LogP contribution in [0.5, 0.6) is 0 Å². The second-order valence-electron chi connectivity index (χ2n) is 5.52. The van der Waals surface area contributed by atoms with E-state index in [1.54, 1.807) is 4.31 Å². The first-order chi connectivity index (χ1) is 8.62. The van der Waals surface area contributed by atoms with Crippen LogP contribution in [0.25, 0.3) is 0 Å². The van der Waals surface area contributed by atoms with Crippen molar-refractivity contribution in [3.63, 3.8) is 0 Å². The highest BCUT2D eigenvalue weighted by molar-refractivity contribution is 7.89. The van der Waals surface area contributed by atoms with Gasteiger partial charge in [-0.15, -0.1) is 0 Å². The summed E-state index contributed by atoms with van der Waals surface area (Å²) in [5, 5.41) is 12.3. The summed E-state index contributed by atoms with van der Waals surface area (Å²) >= 11 is 0. The minimum absolute atomic E-state index is 0.181. The summed E-state index contributed by atoms with van der Waals surface area (Å²) in [4.78, 5) is 0. The molecule has 2 aliphatic heterocycles. The lowest BCUT2D eigenvalue weighted by Crippen LogP contribution is -2.43. The topological polar surface area (TPSA) is 69.6 Å². The zero-order valence-corrected chi connectivity index (χ0v) is 11.7. The summed E-state index contributed by atoms with van der Waals surface area (Å²) in [6.07, 6.45) is 3.67. The maximum absolute atomic E-state index is 12.3. The van der Waals surface area contributed by atoms with E-state index in [9.17, 15) is 8.42 Å². The normalized spacial score (nSPS) is 28.4. The highest BCUT2D eigenvalue weighted by Crippen LogP contribution is 2.21. The number of nitrogens with zero attached hydrogens (tertiary/aromatic N) is 1. The molecule has 2 aliphatic rings. The van der Waals surface area contributed by atoms with Crippen LogP contribution in [0.4, 0.5) is 0 Å². The molecule has 0 aromatic carbocycles. The molecule has 1 unspecified atom stereocenters. The molecule has 5 nitrogen and oxygen atoms in total. The van der Waals surface area contributed by atoms with Crippen molar-refractivity contribution in [2.45, 2.75) is 25.7 Å². The maximum Gasteiger partial charge on any atom is 0.214 e. The second-order valence-corrected chi connectivity index (χ2v) is 7.53. The van der Waals surface area contributed by atoms with Gasteiger partial charge in [0, 0.05) is 19.7 Å². The van der Waals surface area contributed by atoms with E-state index in [0.29, 0.717) is 13.1 Å². The molecule has 106 valence electrons. The molecule has 1 atom stereocenters. The number of piperidine rings is 2. The Kier molecular flexibility index (Phi) is 5.00. The number of hydrogen-bond donors (Lipinski definition) is 2. The molecule has 0 spiro atoms. The number of sulfonamides is 1. The molecule has 0 aromatic rings. The van der Waals surface area contributed by atoms with Crippen molar-refractivity contribution in [1.82, 2.24) is 9.62 Å². The smallest absolute Gasteiger partial charge is 0.214 e. The average molecular weight is 276 g/mol. The van der Waals surface area contributed by atoms with E-state index in [0.717, 1.165) is 38.8 Å². The standard InChI is InChI=1S/C12H24N2O3S/c15-9-11-3-6-14(7-4-11)18(16,17)10-12-2-1-5-13-8-12/h11-13,15H,1-10H2. The van der Waals surface area contributed by atoms with Gasteiger partial charge in [0.05, 0.1) is 5.75 Å². The molecule has 0 amide bonds. The number of rotatable bonds is 4. The summed E-state index contributed by atoms with van der Waals surface area (Å²) in [5.74, 6) is 0.830. The van der Waals surface area contributed by atoms with E-state index in [1.165, 1.54) is 0 Å². The van der Waals surface area contributed by atoms with Crippen LogP contribution in [0.3, 0.4) is 0 Å². The zero-order chi connectivity index (χ0) is 13.0. The Morgan fingerprint density at radius 1 is 1.17 bits per heavy atom. The molecule has 2 heterocycles. The fraction of sp³-hybridized carbons (Fsp3) is 1.00. The summed E-state index contributed by atoms with van der Waals surface area (Å²) in [6, 6.07) is 0. The Labute approximate surface area is 110 Å². The fourth-order valence-corrected chi connectivity index (χ4v) is 4.70. The first kappa shape index (κ1) is 14.2. The van der Waals surface area contributed by atoms with Crippen LogP contribution < -0.4 is 5.32 Å². The summed E-state index contributed by atoms with van der Waals surface area (Å²) in [7, 11) is -3.10. The van der Waals surface area contributed by atoms with Gasteiger partial charge in [-0.25, -0.2) is 12.7 Å². The van der Waals surface area contributed by atoms with Crippen molar-refractivity contribution in [1.29, 1.82) is 0 Å². The Hall–Kier alpha value is -0.170. The van der Waals surface area contributed by atoms with Crippen molar-refractivity contribution in [3.8, 4) is 0 Å². The minimum atomic E-state index is -3.10. The Bertz CT molecular complexity index is 344. The van der Waals surface area contributed by atoms with E-state index >= 15 is 0 Å². The fourth-order valence-electron chi connectivity index (χ4n) is 2.84.